The SMILES string of the molecule is Fc1ccc(-c2c(F)c[c]cc2F)c(Cl)c1. The normalized spacial score (nSPS) is 10.5. The molecule has 16 heavy (non-hydrogen) atoms. The molecule has 0 saturated heterocycles. The molecule has 0 aliphatic rings. The van der Waals surface area contributed by atoms with Crippen LogP contribution in [0.1, 0.15) is 0 Å². The minimum Gasteiger partial charge on any atom is -0.207 e. The summed E-state index contributed by atoms with van der Waals surface area (Å²) in [6, 6.07) is 7.63. The van der Waals surface area contributed by atoms with Crippen LogP contribution >= 0.6 is 11.6 Å². The molecule has 0 atom stereocenters. The highest BCUT2D eigenvalue weighted by atomic mass is 35.5. The highest BCUT2D eigenvalue weighted by Crippen LogP contribution is 2.32. The quantitative estimate of drug-likeness (QED) is 0.701. The van der Waals surface area contributed by atoms with Gasteiger partial charge >= 0.3 is 0 Å². The van der Waals surface area contributed by atoms with Crippen LogP contribution in [-0.2, 0) is 0 Å². The summed E-state index contributed by atoms with van der Waals surface area (Å²) in [5, 5.41) is -0.0380. The minimum atomic E-state index is -0.784. The second-order valence-electron chi connectivity index (χ2n) is 3.15. The average Bonchev–Trinajstić information content (AvgIpc) is 2.20. The van der Waals surface area contributed by atoms with Crippen molar-refractivity contribution in [3.63, 3.8) is 0 Å². The van der Waals surface area contributed by atoms with Crippen LogP contribution in [0.15, 0.2) is 30.3 Å². The van der Waals surface area contributed by atoms with Crippen molar-refractivity contribution in [2.24, 2.45) is 0 Å². The van der Waals surface area contributed by atoms with Gasteiger partial charge in [0, 0.05) is 5.56 Å². The van der Waals surface area contributed by atoms with E-state index in [1.807, 2.05) is 0 Å². The second kappa shape index (κ2) is 4.18. The molecule has 2 aromatic rings. The lowest BCUT2D eigenvalue weighted by Crippen LogP contribution is -1.91. The molecule has 0 heterocycles. The monoisotopic (exact) mass is 241 g/mol. The summed E-state index contributed by atoms with van der Waals surface area (Å²) in [7, 11) is 0. The fourth-order valence-corrected chi connectivity index (χ4v) is 1.66. The van der Waals surface area contributed by atoms with Crippen LogP contribution in [0.2, 0.25) is 5.02 Å². The molecule has 1 radical (unpaired) electrons. The van der Waals surface area contributed by atoms with Crippen molar-refractivity contribution in [2.45, 2.75) is 0 Å². The maximum atomic E-state index is 13.4. The Morgan fingerprint density at radius 3 is 2.19 bits per heavy atom. The zero-order chi connectivity index (χ0) is 11.7. The van der Waals surface area contributed by atoms with Crippen molar-refractivity contribution >= 4 is 11.6 Å². The zero-order valence-electron chi connectivity index (χ0n) is 7.90. The van der Waals surface area contributed by atoms with Gasteiger partial charge < -0.3 is 0 Å². The third kappa shape index (κ3) is 1.91. The van der Waals surface area contributed by atoms with Gasteiger partial charge in [-0.05, 0) is 36.4 Å². The molecule has 0 nitrogen and oxygen atoms in total. The first-order valence-corrected chi connectivity index (χ1v) is 4.78. The fourth-order valence-electron chi connectivity index (χ4n) is 1.40. The standard InChI is InChI=1S/C12H5ClF3/c13-9-6-7(14)4-5-8(9)12-10(15)2-1-3-11(12)16/h2-6H. The van der Waals surface area contributed by atoms with Gasteiger partial charge in [0.15, 0.2) is 0 Å². The van der Waals surface area contributed by atoms with Gasteiger partial charge in [0.05, 0.1) is 10.6 Å². The van der Waals surface area contributed by atoms with E-state index in [4.69, 9.17) is 11.6 Å². The predicted molar refractivity (Wildman–Crippen MR) is 55.6 cm³/mol. The molecular formula is C12H5ClF3. The molecule has 0 aliphatic carbocycles. The molecule has 0 aromatic heterocycles. The summed E-state index contributed by atoms with van der Waals surface area (Å²) < 4.78 is 39.6. The topological polar surface area (TPSA) is 0 Å². The number of hydrogen-bond acceptors (Lipinski definition) is 0. The first kappa shape index (κ1) is 11.0. The van der Waals surface area contributed by atoms with E-state index in [0.29, 0.717) is 0 Å². The molecule has 0 saturated carbocycles. The third-order valence-electron chi connectivity index (χ3n) is 2.10. The number of halogens is 4. The van der Waals surface area contributed by atoms with E-state index in [1.54, 1.807) is 0 Å². The summed E-state index contributed by atoms with van der Waals surface area (Å²) >= 11 is 5.72. The van der Waals surface area contributed by atoms with E-state index in [-0.39, 0.29) is 16.1 Å². The Labute approximate surface area is 95.3 Å². The second-order valence-corrected chi connectivity index (χ2v) is 3.56. The van der Waals surface area contributed by atoms with E-state index >= 15 is 0 Å². The number of benzene rings is 2. The molecule has 0 fully saturated rings. The van der Waals surface area contributed by atoms with Crippen LogP contribution in [0.5, 0.6) is 0 Å². The van der Waals surface area contributed by atoms with Crippen molar-refractivity contribution in [3.05, 3.63) is 58.9 Å². The molecule has 0 aliphatic heterocycles. The molecular weight excluding hydrogens is 237 g/mol. The summed E-state index contributed by atoms with van der Waals surface area (Å²) in [6.07, 6.45) is 0. The number of hydrogen-bond donors (Lipinski definition) is 0. The lowest BCUT2D eigenvalue weighted by molar-refractivity contribution is 0.588. The van der Waals surface area contributed by atoms with Crippen molar-refractivity contribution < 1.29 is 13.2 Å². The molecule has 0 unspecified atom stereocenters. The van der Waals surface area contributed by atoms with E-state index in [2.05, 4.69) is 6.07 Å². The smallest absolute Gasteiger partial charge is 0.134 e. The van der Waals surface area contributed by atoms with Crippen molar-refractivity contribution in [2.75, 3.05) is 0 Å². The Hall–Kier alpha value is -1.48. The molecule has 4 heteroatoms. The fraction of sp³-hybridized carbons (Fsp3) is 0. The molecule has 0 amide bonds. The van der Waals surface area contributed by atoms with Gasteiger partial charge in [0.1, 0.15) is 17.5 Å². The van der Waals surface area contributed by atoms with Crippen LogP contribution < -0.4 is 0 Å². The van der Waals surface area contributed by atoms with Crippen molar-refractivity contribution in [1.82, 2.24) is 0 Å². The highest BCUT2D eigenvalue weighted by Gasteiger charge is 2.14. The molecule has 0 spiro atoms. The molecule has 81 valence electrons. The van der Waals surface area contributed by atoms with Gasteiger partial charge in [-0.2, -0.15) is 0 Å². The maximum Gasteiger partial charge on any atom is 0.134 e. The predicted octanol–water partition coefficient (Wildman–Crippen LogP) is 4.22. The van der Waals surface area contributed by atoms with Crippen LogP contribution in [-0.4, -0.2) is 0 Å². The molecule has 2 aromatic carbocycles. The summed E-state index contributed by atoms with van der Waals surface area (Å²) in [5.74, 6) is -2.13. The van der Waals surface area contributed by atoms with Crippen LogP contribution in [0.3, 0.4) is 0 Å². The summed E-state index contributed by atoms with van der Waals surface area (Å²) in [6.45, 7) is 0. The average molecular weight is 242 g/mol. The van der Waals surface area contributed by atoms with Crippen LogP contribution in [0, 0.1) is 23.5 Å². The van der Waals surface area contributed by atoms with Gasteiger partial charge in [-0.25, -0.2) is 13.2 Å². The Kier molecular flexibility index (Phi) is 2.88. The largest absolute Gasteiger partial charge is 0.207 e. The first-order chi connectivity index (χ1) is 7.59. The lowest BCUT2D eigenvalue weighted by Gasteiger charge is -2.06. The molecule has 0 N–H and O–H groups in total. The van der Waals surface area contributed by atoms with E-state index < -0.39 is 17.5 Å². The Morgan fingerprint density at radius 2 is 1.62 bits per heavy atom. The minimum absolute atomic E-state index is 0.0380. The van der Waals surface area contributed by atoms with Gasteiger partial charge in [0.2, 0.25) is 0 Å². The first-order valence-electron chi connectivity index (χ1n) is 4.40. The van der Waals surface area contributed by atoms with Crippen molar-refractivity contribution in [3.8, 4) is 11.1 Å². The van der Waals surface area contributed by atoms with Crippen molar-refractivity contribution in [1.29, 1.82) is 0 Å². The van der Waals surface area contributed by atoms with Crippen LogP contribution in [0.25, 0.3) is 11.1 Å². The van der Waals surface area contributed by atoms with E-state index in [1.165, 1.54) is 6.07 Å². The zero-order valence-corrected chi connectivity index (χ0v) is 8.65. The highest BCUT2D eigenvalue weighted by molar-refractivity contribution is 6.33. The van der Waals surface area contributed by atoms with Gasteiger partial charge in [0.25, 0.3) is 0 Å². The van der Waals surface area contributed by atoms with Crippen LogP contribution in [0.4, 0.5) is 13.2 Å². The Bertz CT molecular complexity index is 518. The summed E-state index contributed by atoms with van der Waals surface area (Å²) in [4.78, 5) is 0. The third-order valence-corrected chi connectivity index (χ3v) is 2.41. The van der Waals surface area contributed by atoms with Gasteiger partial charge in [-0.1, -0.05) is 11.6 Å². The van der Waals surface area contributed by atoms with E-state index in [9.17, 15) is 13.2 Å². The molecule has 0 bridgehead atoms. The Balaban J connectivity index is 2.68. The number of rotatable bonds is 1. The molecule has 2 rings (SSSR count). The van der Waals surface area contributed by atoms with E-state index in [0.717, 1.165) is 24.3 Å². The lowest BCUT2D eigenvalue weighted by atomic mass is 10.0. The Morgan fingerprint density at radius 1 is 1.00 bits per heavy atom. The summed E-state index contributed by atoms with van der Waals surface area (Å²) in [5.41, 5.74) is -0.157. The van der Waals surface area contributed by atoms with Gasteiger partial charge in [-0.15, -0.1) is 0 Å². The maximum absolute atomic E-state index is 13.4. The van der Waals surface area contributed by atoms with Gasteiger partial charge in [-0.3, -0.25) is 0 Å².